The molecule has 3 heterocycles. The fourth-order valence-corrected chi connectivity index (χ4v) is 3.65. The van der Waals surface area contributed by atoms with Crippen molar-refractivity contribution in [1.82, 2.24) is 14.9 Å². The number of nitrogens with zero attached hydrogens (tertiary/aromatic N) is 3. The van der Waals surface area contributed by atoms with Crippen LogP contribution in [0.4, 0.5) is 11.5 Å². The first-order valence-corrected chi connectivity index (χ1v) is 8.67. The highest BCUT2D eigenvalue weighted by Crippen LogP contribution is 2.28. The van der Waals surface area contributed by atoms with Gasteiger partial charge in [-0.25, -0.2) is 4.98 Å². The monoisotopic (exact) mass is 331 g/mol. The van der Waals surface area contributed by atoms with Crippen molar-refractivity contribution in [1.29, 1.82) is 5.26 Å². The molecule has 25 heavy (non-hydrogen) atoms. The Hall–Kier alpha value is -2.84. The van der Waals surface area contributed by atoms with E-state index < -0.39 is 0 Å². The van der Waals surface area contributed by atoms with E-state index in [-0.39, 0.29) is 0 Å². The second-order valence-electron chi connectivity index (χ2n) is 6.69. The molecule has 5 heteroatoms. The van der Waals surface area contributed by atoms with Crippen LogP contribution in [0.25, 0.3) is 10.9 Å². The van der Waals surface area contributed by atoms with Crippen molar-refractivity contribution in [3.05, 3.63) is 53.9 Å². The van der Waals surface area contributed by atoms with Gasteiger partial charge >= 0.3 is 0 Å². The molecule has 0 aliphatic carbocycles. The second-order valence-corrected chi connectivity index (χ2v) is 6.69. The van der Waals surface area contributed by atoms with Gasteiger partial charge in [-0.15, -0.1) is 0 Å². The van der Waals surface area contributed by atoms with Crippen LogP contribution in [0.15, 0.2) is 42.7 Å². The minimum absolute atomic E-state index is 0.546. The lowest BCUT2D eigenvalue weighted by atomic mass is 10.0. The van der Waals surface area contributed by atoms with Crippen molar-refractivity contribution in [2.75, 3.05) is 18.9 Å². The van der Waals surface area contributed by atoms with Crippen LogP contribution < -0.4 is 5.32 Å². The largest absolute Gasteiger partial charge is 0.361 e. The van der Waals surface area contributed by atoms with E-state index in [1.54, 1.807) is 18.3 Å². The summed E-state index contributed by atoms with van der Waals surface area (Å²) in [7, 11) is 2.21. The molecule has 0 saturated carbocycles. The number of likely N-dealkylation sites (N-methyl/N-ethyl adjacent to an activating group) is 1. The first-order valence-electron chi connectivity index (χ1n) is 8.67. The summed E-state index contributed by atoms with van der Waals surface area (Å²) in [6.07, 6.45) is 7.43. The lowest BCUT2D eigenvalue weighted by Gasteiger charge is -2.18. The van der Waals surface area contributed by atoms with E-state index in [1.807, 2.05) is 6.07 Å². The van der Waals surface area contributed by atoms with Gasteiger partial charge in [0.2, 0.25) is 0 Å². The molecule has 0 spiro atoms. The maximum absolute atomic E-state index is 9.22. The van der Waals surface area contributed by atoms with Crippen LogP contribution in [0.2, 0.25) is 0 Å². The van der Waals surface area contributed by atoms with E-state index in [1.165, 1.54) is 30.3 Å². The summed E-state index contributed by atoms with van der Waals surface area (Å²) < 4.78 is 0. The molecule has 4 rings (SSSR count). The predicted molar refractivity (Wildman–Crippen MR) is 99.9 cm³/mol. The number of nitrogens with one attached hydrogen (secondary N) is 2. The summed E-state index contributed by atoms with van der Waals surface area (Å²) in [4.78, 5) is 10.1. The number of benzene rings is 1. The highest BCUT2D eigenvalue weighted by atomic mass is 15.1. The summed E-state index contributed by atoms with van der Waals surface area (Å²) in [6.45, 7) is 1.19. The Balaban J connectivity index is 1.63. The molecule has 1 fully saturated rings. The van der Waals surface area contributed by atoms with Crippen LogP contribution >= 0.6 is 0 Å². The fourth-order valence-electron chi connectivity index (χ4n) is 3.65. The molecular weight excluding hydrogens is 310 g/mol. The van der Waals surface area contributed by atoms with E-state index in [2.05, 4.69) is 51.6 Å². The van der Waals surface area contributed by atoms with Crippen molar-refractivity contribution in [2.24, 2.45) is 0 Å². The van der Waals surface area contributed by atoms with E-state index in [0.717, 1.165) is 17.6 Å². The van der Waals surface area contributed by atoms with E-state index in [0.29, 0.717) is 17.4 Å². The molecule has 126 valence electrons. The van der Waals surface area contributed by atoms with Gasteiger partial charge in [0.25, 0.3) is 0 Å². The topological polar surface area (TPSA) is 67.7 Å². The molecule has 0 unspecified atom stereocenters. The van der Waals surface area contributed by atoms with Crippen LogP contribution in [-0.4, -0.2) is 34.5 Å². The molecule has 2 aromatic heterocycles. The van der Waals surface area contributed by atoms with Crippen LogP contribution in [0.1, 0.15) is 24.0 Å². The lowest BCUT2D eigenvalue weighted by Crippen LogP contribution is -2.26. The third-order valence-electron chi connectivity index (χ3n) is 5.09. The number of aromatic nitrogens is 2. The Morgan fingerprint density at radius 2 is 2.32 bits per heavy atom. The zero-order chi connectivity index (χ0) is 17.2. The van der Waals surface area contributed by atoms with Crippen LogP contribution in [0, 0.1) is 11.3 Å². The first kappa shape index (κ1) is 15.7. The summed E-state index contributed by atoms with van der Waals surface area (Å²) in [6, 6.07) is 12.6. The molecule has 0 radical (unpaired) electrons. The average Bonchev–Trinajstić information content (AvgIpc) is 3.22. The highest BCUT2D eigenvalue weighted by Gasteiger charge is 2.22. The smallest absolute Gasteiger partial charge is 0.148 e. The molecule has 0 amide bonds. The van der Waals surface area contributed by atoms with Crippen LogP contribution in [-0.2, 0) is 6.42 Å². The van der Waals surface area contributed by atoms with Crippen molar-refractivity contribution < 1.29 is 0 Å². The van der Waals surface area contributed by atoms with E-state index in [9.17, 15) is 5.26 Å². The molecule has 1 aliphatic heterocycles. The normalized spacial score (nSPS) is 17.7. The predicted octanol–water partition coefficient (Wildman–Crippen LogP) is 3.81. The van der Waals surface area contributed by atoms with Gasteiger partial charge in [-0.05, 0) is 68.8 Å². The number of hydrogen-bond acceptors (Lipinski definition) is 4. The molecule has 0 bridgehead atoms. The maximum atomic E-state index is 9.22. The zero-order valence-electron chi connectivity index (χ0n) is 14.3. The minimum atomic E-state index is 0.546. The van der Waals surface area contributed by atoms with Crippen molar-refractivity contribution >= 4 is 22.4 Å². The van der Waals surface area contributed by atoms with Crippen molar-refractivity contribution in [3.8, 4) is 6.07 Å². The Morgan fingerprint density at radius 3 is 3.12 bits per heavy atom. The van der Waals surface area contributed by atoms with Gasteiger partial charge in [-0.1, -0.05) is 0 Å². The SMILES string of the molecule is CN1CCC[C@@H]1Cc1c[nH]c2ccc(Nc3ncccc3C#N)cc12. The quantitative estimate of drug-likeness (QED) is 0.763. The lowest BCUT2D eigenvalue weighted by molar-refractivity contribution is 0.310. The number of pyridine rings is 1. The van der Waals surface area contributed by atoms with E-state index >= 15 is 0 Å². The average molecular weight is 331 g/mol. The Bertz CT molecular complexity index is 937. The molecule has 1 saturated heterocycles. The molecule has 1 aromatic carbocycles. The fraction of sp³-hybridized carbons (Fsp3) is 0.300. The summed E-state index contributed by atoms with van der Waals surface area (Å²) in [5, 5.41) is 13.7. The number of hydrogen-bond donors (Lipinski definition) is 2. The molecule has 5 nitrogen and oxygen atoms in total. The first-order chi connectivity index (χ1) is 12.2. The molecular formula is C20H21N5. The third-order valence-corrected chi connectivity index (χ3v) is 5.09. The Kier molecular flexibility index (Phi) is 4.12. The Labute approximate surface area is 147 Å². The number of nitriles is 1. The van der Waals surface area contributed by atoms with Crippen molar-refractivity contribution in [2.45, 2.75) is 25.3 Å². The number of fused-ring (bicyclic) bond motifs is 1. The standard InChI is InChI=1S/C20H21N5/c1-25-9-3-5-17(25)10-15-13-23-19-7-6-16(11-18(15)19)24-20-14(12-21)4-2-8-22-20/h2,4,6-8,11,13,17,23H,3,5,9-10H2,1H3,(H,22,24)/t17-/m1/s1. The second kappa shape index (κ2) is 6.58. The summed E-state index contributed by atoms with van der Waals surface area (Å²) >= 11 is 0. The van der Waals surface area contributed by atoms with Crippen molar-refractivity contribution in [3.63, 3.8) is 0 Å². The number of likely N-dealkylation sites (tertiary alicyclic amines) is 1. The van der Waals surface area contributed by atoms with Gasteiger partial charge in [0.15, 0.2) is 0 Å². The van der Waals surface area contributed by atoms with Crippen LogP contribution in [0.3, 0.4) is 0 Å². The minimum Gasteiger partial charge on any atom is -0.361 e. The van der Waals surface area contributed by atoms with Gasteiger partial charge in [0.05, 0.1) is 5.56 Å². The molecule has 3 aromatic rings. The maximum Gasteiger partial charge on any atom is 0.148 e. The summed E-state index contributed by atoms with van der Waals surface area (Å²) in [5.41, 5.74) is 3.98. The van der Waals surface area contributed by atoms with Gasteiger partial charge in [-0.2, -0.15) is 5.26 Å². The van der Waals surface area contributed by atoms with Gasteiger partial charge in [0.1, 0.15) is 11.9 Å². The van der Waals surface area contributed by atoms with E-state index in [4.69, 9.17) is 0 Å². The molecule has 1 aliphatic rings. The highest BCUT2D eigenvalue weighted by molar-refractivity contribution is 5.87. The molecule has 2 N–H and O–H groups in total. The Morgan fingerprint density at radius 1 is 1.40 bits per heavy atom. The van der Waals surface area contributed by atoms with Crippen LogP contribution in [0.5, 0.6) is 0 Å². The van der Waals surface area contributed by atoms with Gasteiger partial charge in [0, 0.05) is 35.0 Å². The zero-order valence-corrected chi connectivity index (χ0v) is 14.3. The number of rotatable bonds is 4. The number of H-pyrrole nitrogens is 1. The number of anilines is 2. The van der Waals surface area contributed by atoms with Gasteiger partial charge in [-0.3, -0.25) is 0 Å². The summed E-state index contributed by atoms with van der Waals surface area (Å²) in [5.74, 6) is 0.594. The number of aromatic amines is 1. The van der Waals surface area contributed by atoms with Gasteiger partial charge < -0.3 is 15.2 Å². The third kappa shape index (κ3) is 3.09. The molecule has 1 atom stereocenters.